The van der Waals surface area contributed by atoms with Crippen LogP contribution in [-0.4, -0.2) is 23.8 Å². The molecule has 0 atom stereocenters. The molecule has 0 spiro atoms. The molecule has 8 nitrogen and oxygen atoms in total. The molecule has 0 aliphatic carbocycles. The van der Waals surface area contributed by atoms with E-state index in [-0.39, 0.29) is 23.2 Å². The van der Waals surface area contributed by atoms with Crippen LogP contribution in [-0.2, 0) is 4.79 Å². The molecule has 2 amide bonds. The van der Waals surface area contributed by atoms with E-state index >= 15 is 0 Å². The molecular weight excluding hydrogens is 362 g/mol. The average molecular weight is 385 g/mol. The molecule has 28 heavy (non-hydrogen) atoms. The molecular formula is C20H23N3O5. The largest absolute Gasteiger partial charge is 0.496 e. The third kappa shape index (κ3) is 5.06. The van der Waals surface area contributed by atoms with Gasteiger partial charge in [-0.2, -0.15) is 0 Å². The second kappa shape index (κ2) is 9.50. The van der Waals surface area contributed by atoms with Crippen LogP contribution in [0.15, 0.2) is 42.5 Å². The number of benzene rings is 2. The van der Waals surface area contributed by atoms with Gasteiger partial charge in [-0.3, -0.25) is 19.7 Å². The summed E-state index contributed by atoms with van der Waals surface area (Å²) in [5, 5.41) is 16.6. The Hall–Kier alpha value is -3.42. The second-order valence-corrected chi connectivity index (χ2v) is 6.17. The van der Waals surface area contributed by atoms with Crippen LogP contribution in [0.25, 0.3) is 0 Å². The van der Waals surface area contributed by atoms with Gasteiger partial charge in [-0.1, -0.05) is 13.8 Å². The number of carbonyl (C=O) groups excluding carboxylic acids is 2. The number of carbonyl (C=O) groups is 2. The molecule has 0 bridgehead atoms. The number of anilines is 2. The lowest BCUT2D eigenvalue weighted by atomic mass is 10.0. The molecule has 148 valence electrons. The number of nitro benzene ring substituents is 1. The van der Waals surface area contributed by atoms with Crippen LogP contribution in [0.5, 0.6) is 5.75 Å². The monoisotopic (exact) mass is 385 g/mol. The first-order chi connectivity index (χ1) is 13.4. The SMILES string of the molecule is CCC(CC)C(=O)Nc1ccc(C(=O)Nc2ccc(OC)cc2[N+](=O)[O-])cc1. The number of hydrogen-bond donors (Lipinski definition) is 2. The van der Waals surface area contributed by atoms with Crippen molar-refractivity contribution in [1.82, 2.24) is 0 Å². The van der Waals surface area contributed by atoms with Crippen molar-refractivity contribution in [2.45, 2.75) is 26.7 Å². The molecule has 2 aromatic carbocycles. The van der Waals surface area contributed by atoms with E-state index in [1.54, 1.807) is 24.3 Å². The molecule has 0 radical (unpaired) electrons. The van der Waals surface area contributed by atoms with Gasteiger partial charge in [-0.15, -0.1) is 0 Å². The highest BCUT2D eigenvalue weighted by Crippen LogP contribution is 2.29. The van der Waals surface area contributed by atoms with Crippen molar-refractivity contribution < 1.29 is 19.2 Å². The van der Waals surface area contributed by atoms with Crippen LogP contribution in [0, 0.1) is 16.0 Å². The van der Waals surface area contributed by atoms with E-state index in [0.29, 0.717) is 17.0 Å². The maximum atomic E-state index is 12.4. The molecule has 2 aromatic rings. The fourth-order valence-electron chi connectivity index (χ4n) is 2.70. The van der Waals surface area contributed by atoms with Crippen molar-refractivity contribution in [2.75, 3.05) is 17.7 Å². The predicted octanol–water partition coefficient (Wildman–Crippen LogP) is 4.23. The minimum Gasteiger partial charge on any atom is -0.496 e. The summed E-state index contributed by atoms with van der Waals surface area (Å²) < 4.78 is 4.98. The standard InChI is InChI=1S/C20H23N3O5/c1-4-13(5-2)19(24)21-15-8-6-14(7-9-15)20(25)22-17-11-10-16(28-3)12-18(17)23(26)27/h6-13H,4-5H2,1-3H3,(H,21,24)(H,22,25). The first kappa shape index (κ1) is 20.9. The Balaban J connectivity index is 2.12. The fraction of sp³-hybridized carbons (Fsp3) is 0.300. The third-order valence-corrected chi connectivity index (χ3v) is 4.42. The van der Waals surface area contributed by atoms with E-state index in [1.165, 1.54) is 25.3 Å². The van der Waals surface area contributed by atoms with Gasteiger partial charge in [0.2, 0.25) is 5.91 Å². The van der Waals surface area contributed by atoms with Gasteiger partial charge < -0.3 is 15.4 Å². The zero-order chi connectivity index (χ0) is 20.7. The summed E-state index contributed by atoms with van der Waals surface area (Å²) in [6.45, 7) is 3.92. The summed E-state index contributed by atoms with van der Waals surface area (Å²) in [5.74, 6) is -0.289. The first-order valence-electron chi connectivity index (χ1n) is 8.94. The zero-order valence-corrected chi connectivity index (χ0v) is 16.0. The van der Waals surface area contributed by atoms with Crippen LogP contribution in [0.1, 0.15) is 37.0 Å². The van der Waals surface area contributed by atoms with Gasteiger partial charge in [0, 0.05) is 17.2 Å². The Labute approximate surface area is 163 Å². The molecule has 0 heterocycles. The lowest BCUT2D eigenvalue weighted by Gasteiger charge is -2.13. The molecule has 0 saturated heterocycles. The summed E-state index contributed by atoms with van der Waals surface area (Å²) in [6, 6.07) is 10.5. The number of methoxy groups -OCH3 is 1. The molecule has 0 aliphatic heterocycles. The van der Waals surface area contributed by atoms with Crippen LogP contribution >= 0.6 is 0 Å². The van der Waals surface area contributed by atoms with Crippen molar-refractivity contribution in [3.05, 3.63) is 58.1 Å². The number of rotatable bonds is 8. The summed E-state index contributed by atoms with van der Waals surface area (Å²) >= 11 is 0. The highest BCUT2D eigenvalue weighted by molar-refractivity contribution is 6.05. The Morgan fingerprint density at radius 3 is 2.25 bits per heavy atom. The summed E-state index contributed by atoms with van der Waals surface area (Å²) in [5.41, 5.74) is 0.707. The number of nitrogens with zero attached hydrogens (tertiary/aromatic N) is 1. The quantitative estimate of drug-likeness (QED) is 0.522. The normalized spacial score (nSPS) is 10.4. The van der Waals surface area contributed by atoms with E-state index in [1.807, 2.05) is 13.8 Å². The van der Waals surface area contributed by atoms with Gasteiger partial charge in [0.15, 0.2) is 0 Å². The number of hydrogen-bond acceptors (Lipinski definition) is 5. The van der Waals surface area contributed by atoms with Crippen molar-refractivity contribution in [3.63, 3.8) is 0 Å². The van der Waals surface area contributed by atoms with Crippen LogP contribution < -0.4 is 15.4 Å². The molecule has 8 heteroatoms. The van der Waals surface area contributed by atoms with E-state index in [4.69, 9.17) is 4.74 Å². The molecule has 2 rings (SSSR count). The van der Waals surface area contributed by atoms with Crippen LogP contribution in [0.4, 0.5) is 17.1 Å². The van der Waals surface area contributed by atoms with Crippen LogP contribution in [0.3, 0.4) is 0 Å². The molecule has 0 aromatic heterocycles. The molecule has 0 aliphatic rings. The highest BCUT2D eigenvalue weighted by Gasteiger charge is 2.18. The van der Waals surface area contributed by atoms with Gasteiger partial charge >= 0.3 is 0 Å². The summed E-state index contributed by atoms with van der Waals surface area (Å²) in [7, 11) is 1.40. The van der Waals surface area contributed by atoms with Crippen molar-refractivity contribution >= 4 is 28.9 Å². The first-order valence-corrected chi connectivity index (χ1v) is 8.94. The Morgan fingerprint density at radius 2 is 1.71 bits per heavy atom. The minimum atomic E-state index is -0.589. The number of ether oxygens (including phenoxy) is 1. The Bertz CT molecular complexity index is 861. The lowest BCUT2D eigenvalue weighted by molar-refractivity contribution is -0.384. The third-order valence-electron chi connectivity index (χ3n) is 4.42. The minimum absolute atomic E-state index is 0.0569. The topological polar surface area (TPSA) is 111 Å². The van der Waals surface area contributed by atoms with Crippen LogP contribution in [0.2, 0.25) is 0 Å². The van der Waals surface area contributed by atoms with Crippen molar-refractivity contribution in [2.24, 2.45) is 5.92 Å². The van der Waals surface area contributed by atoms with Crippen molar-refractivity contribution in [3.8, 4) is 5.75 Å². The van der Waals surface area contributed by atoms with Gasteiger partial charge in [-0.05, 0) is 49.2 Å². The van der Waals surface area contributed by atoms with Gasteiger partial charge in [0.1, 0.15) is 11.4 Å². The Morgan fingerprint density at radius 1 is 1.07 bits per heavy atom. The van der Waals surface area contributed by atoms with E-state index in [0.717, 1.165) is 12.8 Å². The van der Waals surface area contributed by atoms with Gasteiger partial charge in [-0.25, -0.2) is 0 Å². The maximum absolute atomic E-state index is 12.4. The average Bonchev–Trinajstić information content (AvgIpc) is 2.69. The highest BCUT2D eigenvalue weighted by atomic mass is 16.6. The molecule has 2 N–H and O–H groups in total. The van der Waals surface area contributed by atoms with Gasteiger partial charge in [0.25, 0.3) is 11.6 Å². The maximum Gasteiger partial charge on any atom is 0.296 e. The Kier molecular flexibility index (Phi) is 7.08. The number of nitrogens with one attached hydrogen (secondary N) is 2. The summed E-state index contributed by atoms with van der Waals surface area (Å²) in [6.07, 6.45) is 1.51. The lowest BCUT2D eigenvalue weighted by Crippen LogP contribution is -2.21. The number of amides is 2. The van der Waals surface area contributed by atoms with E-state index in [9.17, 15) is 19.7 Å². The fourth-order valence-corrected chi connectivity index (χ4v) is 2.70. The summed E-state index contributed by atoms with van der Waals surface area (Å²) in [4.78, 5) is 35.2. The molecule has 0 saturated carbocycles. The molecule has 0 unspecified atom stereocenters. The van der Waals surface area contributed by atoms with Crippen molar-refractivity contribution in [1.29, 1.82) is 0 Å². The molecule has 0 fully saturated rings. The van der Waals surface area contributed by atoms with E-state index in [2.05, 4.69) is 10.6 Å². The van der Waals surface area contributed by atoms with Gasteiger partial charge in [0.05, 0.1) is 18.1 Å². The van der Waals surface area contributed by atoms with E-state index < -0.39 is 10.8 Å². The smallest absolute Gasteiger partial charge is 0.296 e. The number of nitro groups is 1. The second-order valence-electron chi connectivity index (χ2n) is 6.17. The predicted molar refractivity (Wildman–Crippen MR) is 107 cm³/mol. The zero-order valence-electron chi connectivity index (χ0n) is 16.0.